The maximum absolute atomic E-state index is 13.6. The molecule has 3 aromatic carbocycles. The monoisotopic (exact) mass is 684 g/mol. The summed E-state index contributed by atoms with van der Waals surface area (Å²) >= 11 is 0. The number of hydrogen-bond acceptors (Lipinski definition) is 8. The highest BCUT2D eigenvalue weighted by Gasteiger charge is 2.41. The molecule has 254 valence electrons. The van der Waals surface area contributed by atoms with Crippen molar-refractivity contribution in [3.8, 4) is 5.88 Å². The second kappa shape index (κ2) is 13.6. The van der Waals surface area contributed by atoms with Gasteiger partial charge >= 0.3 is 0 Å². The molecular formula is C39H40N6O4Si. The van der Waals surface area contributed by atoms with E-state index in [1.54, 1.807) is 18.2 Å². The fraction of sp³-hybridized carbons (Fsp3) is 0.205. The van der Waals surface area contributed by atoms with E-state index in [-0.39, 0.29) is 24.0 Å². The number of nitrogen functional groups attached to an aromatic ring is 1. The fourth-order valence-electron chi connectivity index (χ4n) is 6.37. The topological polar surface area (TPSA) is 137 Å². The number of aromatic carboxylic acids is 1. The Balaban J connectivity index is 1.33. The van der Waals surface area contributed by atoms with E-state index in [4.69, 9.17) is 10.5 Å². The van der Waals surface area contributed by atoms with Crippen molar-refractivity contribution < 1.29 is 24.0 Å². The quantitative estimate of drug-likeness (QED) is 0.202. The first-order valence-electron chi connectivity index (χ1n) is 16.3. The molecule has 1 aliphatic carbocycles. The van der Waals surface area contributed by atoms with Crippen LogP contribution in [0.25, 0.3) is 5.57 Å². The molecule has 0 radical (unpaired) electrons. The summed E-state index contributed by atoms with van der Waals surface area (Å²) in [7, 11) is 5.80. The van der Waals surface area contributed by atoms with Crippen LogP contribution < -0.4 is 31.0 Å². The molecule has 11 heteroatoms. The minimum absolute atomic E-state index is 0.0330. The van der Waals surface area contributed by atoms with Crippen LogP contribution in [0, 0.1) is 0 Å². The Morgan fingerprint density at radius 3 is 2.38 bits per heavy atom. The smallest absolute Gasteiger partial charge is 0.251 e. The molecular weight excluding hydrogens is 645 g/mol. The third-order valence-electron chi connectivity index (χ3n) is 9.21. The van der Waals surface area contributed by atoms with E-state index in [1.807, 2.05) is 52.5 Å². The van der Waals surface area contributed by atoms with Gasteiger partial charge in [0.15, 0.2) is 5.71 Å². The number of carboxylic acids is 1. The zero-order valence-electron chi connectivity index (χ0n) is 29.1. The van der Waals surface area contributed by atoms with Crippen LogP contribution in [0.2, 0.25) is 13.1 Å². The molecule has 50 heavy (non-hydrogen) atoms. The standard InChI is InChI=1S/C39H40N6O4Si/c1-44(2)27-12-15-30-33(20-27)50(5,6)34-21-28(45(3)4)13-16-31(34)36(30)32-19-26(11-14-29(32)38(47)48)37(46)42-22-24-7-9-25(10-8-24)23-49-35-17-18-41-39(40)43-35/h7-21H,22-23H2,1-6H3,(H3-,40,41,42,43,46,47,48). The van der Waals surface area contributed by atoms with Gasteiger partial charge in [0.05, 0.1) is 5.97 Å². The van der Waals surface area contributed by atoms with E-state index in [0.29, 0.717) is 23.6 Å². The molecule has 1 aliphatic heterocycles. The zero-order chi connectivity index (χ0) is 35.7. The van der Waals surface area contributed by atoms with Crippen LogP contribution in [-0.2, 0) is 13.2 Å². The highest BCUT2D eigenvalue weighted by atomic mass is 28.3. The van der Waals surface area contributed by atoms with Gasteiger partial charge in [0, 0.05) is 61.9 Å². The van der Waals surface area contributed by atoms with Crippen LogP contribution in [0.3, 0.4) is 0 Å². The van der Waals surface area contributed by atoms with Crippen molar-refractivity contribution in [1.29, 1.82) is 0 Å². The highest BCUT2D eigenvalue weighted by Crippen LogP contribution is 2.43. The van der Waals surface area contributed by atoms with Gasteiger partial charge in [0.2, 0.25) is 11.8 Å². The molecule has 0 spiro atoms. The number of carbonyl (C=O) groups is 2. The Hall–Kier alpha value is -5.81. The van der Waals surface area contributed by atoms with E-state index >= 15 is 0 Å². The summed E-state index contributed by atoms with van der Waals surface area (Å²) in [4.78, 5) is 36.2. The summed E-state index contributed by atoms with van der Waals surface area (Å²) in [5.41, 5.74) is 13.2. The van der Waals surface area contributed by atoms with Crippen molar-refractivity contribution in [3.05, 3.63) is 135 Å². The number of nitrogens with one attached hydrogen (secondary N) is 1. The number of ether oxygens (including phenoxy) is 1. The van der Waals surface area contributed by atoms with E-state index in [0.717, 1.165) is 39.2 Å². The average molecular weight is 685 g/mol. The van der Waals surface area contributed by atoms with Gasteiger partial charge in [0.1, 0.15) is 28.8 Å². The minimum Gasteiger partial charge on any atom is -0.545 e. The third-order valence-corrected chi connectivity index (χ3v) is 12.7. The third kappa shape index (κ3) is 6.72. The number of amides is 1. The summed E-state index contributed by atoms with van der Waals surface area (Å²) in [6, 6.07) is 20.4. The maximum atomic E-state index is 13.6. The first-order chi connectivity index (χ1) is 23.8. The van der Waals surface area contributed by atoms with Crippen molar-refractivity contribution in [2.45, 2.75) is 26.2 Å². The number of carbonyl (C=O) groups excluding carboxylic acids is 2. The van der Waals surface area contributed by atoms with Crippen molar-refractivity contribution in [2.24, 2.45) is 0 Å². The van der Waals surface area contributed by atoms with Gasteiger partial charge in [0.25, 0.3) is 5.91 Å². The van der Waals surface area contributed by atoms with E-state index < -0.39 is 14.0 Å². The van der Waals surface area contributed by atoms with E-state index in [9.17, 15) is 14.7 Å². The van der Waals surface area contributed by atoms with Crippen molar-refractivity contribution in [1.82, 2.24) is 15.3 Å². The number of rotatable bonds is 9. The van der Waals surface area contributed by atoms with Crippen LogP contribution in [0.5, 0.6) is 5.88 Å². The predicted octanol–water partition coefficient (Wildman–Crippen LogP) is 3.48. The molecule has 0 saturated heterocycles. The second-order valence-corrected chi connectivity index (χ2v) is 17.7. The molecule has 1 amide bonds. The number of nitrogens with two attached hydrogens (primary N) is 1. The van der Waals surface area contributed by atoms with Gasteiger partial charge in [-0.25, -0.2) is 9.56 Å². The first-order valence-corrected chi connectivity index (χ1v) is 19.3. The highest BCUT2D eigenvalue weighted by molar-refractivity contribution is 6.98. The van der Waals surface area contributed by atoms with E-state index in [2.05, 4.69) is 74.3 Å². The number of aromatic nitrogens is 2. The van der Waals surface area contributed by atoms with Gasteiger partial charge in [-0.05, 0) is 74.1 Å². The van der Waals surface area contributed by atoms with Crippen molar-refractivity contribution >= 4 is 48.1 Å². The number of carboxylic acid groups (broad SMARTS) is 1. The average Bonchev–Trinajstić information content (AvgIpc) is 3.09. The molecule has 3 N–H and O–H groups in total. The van der Waals surface area contributed by atoms with Crippen LogP contribution in [0.15, 0.2) is 102 Å². The molecule has 0 saturated carbocycles. The number of nitrogens with zero attached hydrogens (tertiary/aromatic N) is 4. The summed E-state index contributed by atoms with van der Waals surface area (Å²) < 4.78 is 7.77. The van der Waals surface area contributed by atoms with Gasteiger partial charge in [-0.1, -0.05) is 49.5 Å². The van der Waals surface area contributed by atoms with Crippen LogP contribution in [-0.4, -0.2) is 68.4 Å². The molecule has 0 bridgehead atoms. The van der Waals surface area contributed by atoms with Crippen LogP contribution in [0.1, 0.15) is 43.0 Å². The molecule has 6 rings (SSSR count). The van der Waals surface area contributed by atoms with Crippen LogP contribution >= 0.6 is 0 Å². The van der Waals surface area contributed by atoms with E-state index in [1.165, 1.54) is 22.6 Å². The van der Waals surface area contributed by atoms with Crippen molar-refractivity contribution in [3.63, 3.8) is 0 Å². The number of benzene rings is 3. The van der Waals surface area contributed by atoms with Gasteiger partial charge in [-0.3, -0.25) is 4.79 Å². The Kier molecular flexibility index (Phi) is 9.26. The molecule has 2 aliphatic rings. The second-order valence-electron chi connectivity index (χ2n) is 13.3. The fourth-order valence-corrected chi connectivity index (χ4v) is 9.44. The zero-order valence-corrected chi connectivity index (χ0v) is 30.1. The molecule has 10 nitrogen and oxygen atoms in total. The largest absolute Gasteiger partial charge is 0.545 e. The first kappa shape index (κ1) is 34.1. The summed E-state index contributed by atoms with van der Waals surface area (Å²) in [5, 5.41) is 18.0. The molecule has 0 unspecified atom stereocenters. The van der Waals surface area contributed by atoms with Gasteiger partial charge < -0.3 is 30.6 Å². The number of anilines is 2. The molecule has 0 fully saturated rings. The lowest BCUT2D eigenvalue weighted by atomic mass is 9.86. The van der Waals surface area contributed by atoms with Gasteiger partial charge in [-0.15, -0.1) is 0 Å². The number of fused-ring (bicyclic) bond motifs is 2. The Bertz CT molecular complexity index is 2140. The minimum atomic E-state index is -2.26. The summed E-state index contributed by atoms with van der Waals surface area (Å²) in [5.74, 6) is -1.09. The van der Waals surface area contributed by atoms with Crippen molar-refractivity contribution in [2.75, 3.05) is 38.8 Å². The van der Waals surface area contributed by atoms with Crippen LogP contribution in [0.4, 0.5) is 11.6 Å². The Labute approximate surface area is 293 Å². The molecule has 4 aromatic rings. The lowest BCUT2D eigenvalue weighted by Crippen LogP contribution is -2.50. The predicted molar refractivity (Wildman–Crippen MR) is 197 cm³/mol. The molecule has 0 atom stereocenters. The summed E-state index contributed by atoms with van der Waals surface area (Å²) in [6.07, 6.45) is 7.90. The summed E-state index contributed by atoms with van der Waals surface area (Å²) in [6.45, 7) is 5.24. The number of allylic oxidation sites excluding steroid dienone is 5. The SMILES string of the molecule is CN(C)c1ccc2c(c1)[Si](C)(C)C1=CC(=[N+](C)C)C=CC1=C2c1cc(C(=O)NCc2ccc(COc3ccnc(N)n3)cc2)ccc1C(=O)[O-]. The maximum Gasteiger partial charge on any atom is 0.251 e. The molecule has 1 aromatic heterocycles. The normalized spacial score (nSPS) is 14.4. The van der Waals surface area contributed by atoms with Gasteiger partial charge in [-0.2, -0.15) is 4.98 Å². The Morgan fingerprint density at radius 1 is 0.960 bits per heavy atom. The lowest BCUT2D eigenvalue weighted by Gasteiger charge is -2.38. The lowest BCUT2D eigenvalue weighted by molar-refractivity contribution is -0.462. The Morgan fingerprint density at radius 2 is 1.70 bits per heavy atom. The molecule has 2 heterocycles. The number of hydrogen-bond donors (Lipinski definition) is 2.